The molecule has 5 nitrogen and oxygen atoms in total. The lowest BCUT2D eigenvalue weighted by Gasteiger charge is -2.30. The van der Waals surface area contributed by atoms with Gasteiger partial charge in [-0.2, -0.15) is 5.10 Å². The number of thiophene rings is 1. The summed E-state index contributed by atoms with van der Waals surface area (Å²) in [5, 5.41) is 10.6. The van der Waals surface area contributed by atoms with E-state index in [4.69, 9.17) is 0 Å². The fourth-order valence-electron chi connectivity index (χ4n) is 4.35. The van der Waals surface area contributed by atoms with Gasteiger partial charge in [0.25, 0.3) is 0 Å². The van der Waals surface area contributed by atoms with Crippen molar-refractivity contribution in [3.8, 4) is 0 Å². The summed E-state index contributed by atoms with van der Waals surface area (Å²) in [6.07, 6.45) is 2.91. The number of hydrogen-bond acceptors (Lipinski definition) is 5. The third-order valence-electron chi connectivity index (χ3n) is 5.72. The van der Waals surface area contributed by atoms with Gasteiger partial charge in [-0.25, -0.2) is 0 Å². The first-order valence-corrected chi connectivity index (χ1v) is 9.83. The minimum absolute atomic E-state index is 0.272. The molecular formula is C19H24N4OS. The van der Waals surface area contributed by atoms with E-state index < -0.39 is 0 Å². The number of likely N-dealkylation sites (tertiary alicyclic amines) is 1. The molecule has 1 saturated carbocycles. The first kappa shape index (κ1) is 16.5. The third kappa shape index (κ3) is 3.27. The molecule has 25 heavy (non-hydrogen) atoms. The third-order valence-corrected chi connectivity index (χ3v) is 6.60. The number of aromatic nitrogens is 2. The molecule has 1 saturated heterocycles. The van der Waals surface area contributed by atoms with Crippen molar-refractivity contribution in [3.63, 3.8) is 0 Å². The number of hydrogen-bond donors (Lipinski definition) is 0. The Bertz CT molecular complexity index is 730. The van der Waals surface area contributed by atoms with E-state index >= 15 is 0 Å². The van der Waals surface area contributed by atoms with Gasteiger partial charge in [-0.15, -0.1) is 16.4 Å². The standard InChI is InChI=1S/C19H24N4OS/c1-13-5-8-18(21-20-13)22(2)17-7-6-14-11-23(12-16(14)17)19(24)10-15-4-3-9-25-15/h3-5,8-9,14,16-17H,6-7,10-12H2,1-2H3/t14-,16+,17-/m1/s1. The van der Waals surface area contributed by atoms with Crippen molar-refractivity contribution in [2.75, 3.05) is 25.0 Å². The van der Waals surface area contributed by atoms with Crippen molar-refractivity contribution < 1.29 is 4.79 Å². The maximum Gasteiger partial charge on any atom is 0.227 e. The van der Waals surface area contributed by atoms with Gasteiger partial charge in [0.1, 0.15) is 0 Å². The number of carbonyl (C=O) groups excluding carboxylic acids is 1. The van der Waals surface area contributed by atoms with Crippen LogP contribution in [-0.4, -0.2) is 47.2 Å². The molecule has 1 aliphatic carbocycles. The van der Waals surface area contributed by atoms with E-state index in [-0.39, 0.29) is 5.91 Å². The minimum atomic E-state index is 0.272. The van der Waals surface area contributed by atoms with Crippen LogP contribution in [0.2, 0.25) is 0 Å². The Kier molecular flexibility index (Phi) is 4.46. The Morgan fingerprint density at radius 1 is 1.28 bits per heavy atom. The molecule has 6 heteroatoms. The molecule has 0 unspecified atom stereocenters. The molecular weight excluding hydrogens is 332 g/mol. The van der Waals surface area contributed by atoms with E-state index in [0.29, 0.717) is 24.3 Å². The van der Waals surface area contributed by atoms with Crippen LogP contribution in [0, 0.1) is 18.8 Å². The van der Waals surface area contributed by atoms with Gasteiger partial charge in [-0.05, 0) is 49.3 Å². The average molecular weight is 356 g/mol. The molecule has 0 N–H and O–H groups in total. The highest BCUT2D eigenvalue weighted by molar-refractivity contribution is 7.10. The lowest BCUT2D eigenvalue weighted by Crippen LogP contribution is -2.39. The van der Waals surface area contributed by atoms with E-state index in [0.717, 1.165) is 29.5 Å². The number of nitrogens with zero attached hydrogens (tertiary/aromatic N) is 4. The average Bonchev–Trinajstić information content (AvgIpc) is 3.31. The van der Waals surface area contributed by atoms with E-state index in [1.807, 2.05) is 36.6 Å². The normalized spacial score (nSPS) is 25.2. The van der Waals surface area contributed by atoms with Crippen LogP contribution in [-0.2, 0) is 11.2 Å². The molecule has 3 atom stereocenters. The smallest absolute Gasteiger partial charge is 0.227 e. The first-order valence-electron chi connectivity index (χ1n) is 8.95. The van der Waals surface area contributed by atoms with Gasteiger partial charge in [0.05, 0.1) is 12.1 Å². The van der Waals surface area contributed by atoms with E-state index in [9.17, 15) is 4.79 Å². The molecule has 2 aromatic heterocycles. The summed E-state index contributed by atoms with van der Waals surface area (Å²) in [7, 11) is 2.11. The molecule has 132 valence electrons. The summed E-state index contributed by atoms with van der Waals surface area (Å²) in [5.41, 5.74) is 0.938. The Hall–Kier alpha value is -1.95. The summed E-state index contributed by atoms with van der Waals surface area (Å²) in [4.78, 5) is 18.1. The van der Waals surface area contributed by atoms with E-state index in [2.05, 4.69) is 27.0 Å². The van der Waals surface area contributed by atoms with Crippen molar-refractivity contribution >= 4 is 23.1 Å². The summed E-state index contributed by atoms with van der Waals surface area (Å²) in [5.74, 6) is 2.37. The number of aryl methyl sites for hydroxylation is 1. The highest BCUT2D eigenvalue weighted by atomic mass is 32.1. The molecule has 2 fully saturated rings. The lowest BCUT2D eigenvalue weighted by molar-refractivity contribution is -0.129. The van der Waals surface area contributed by atoms with Crippen molar-refractivity contribution in [1.29, 1.82) is 0 Å². The lowest BCUT2D eigenvalue weighted by atomic mass is 9.97. The number of carbonyl (C=O) groups is 1. The second-order valence-electron chi connectivity index (χ2n) is 7.27. The predicted molar refractivity (Wildman–Crippen MR) is 99.8 cm³/mol. The van der Waals surface area contributed by atoms with Crippen LogP contribution in [0.25, 0.3) is 0 Å². The van der Waals surface area contributed by atoms with Gasteiger partial charge in [0.2, 0.25) is 5.91 Å². The van der Waals surface area contributed by atoms with Gasteiger partial charge in [-0.1, -0.05) is 6.07 Å². The zero-order valence-corrected chi connectivity index (χ0v) is 15.6. The molecule has 0 aromatic carbocycles. The maximum absolute atomic E-state index is 12.6. The zero-order chi connectivity index (χ0) is 17.4. The minimum Gasteiger partial charge on any atom is -0.355 e. The van der Waals surface area contributed by atoms with Crippen LogP contribution in [0.4, 0.5) is 5.82 Å². The zero-order valence-electron chi connectivity index (χ0n) is 14.8. The molecule has 3 heterocycles. The quantitative estimate of drug-likeness (QED) is 0.845. The molecule has 0 spiro atoms. The topological polar surface area (TPSA) is 49.3 Å². The second-order valence-corrected chi connectivity index (χ2v) is 8.30. The molecule has 4 rings (SSSR count). The van der Waals surface area contributed by atoms with Gasteiger partial charge in [-0.3, -0.25) is 4.79 Å². The van der Waals surface area contributed by atoms with Crippen molar-refractivity contribution in [2.24, 2.45) is 11.8 Å². The summed E-state index contributed by atoms with van der Waals surface area (Å²) in [6.45, 7) is 3.75. The van der Waals surface area contributed by atoms with Gasteiger partial charge in [0.15, 0.2) is 5.82 Å². The number of amides is 1. The van der Waals surface area contributed by atoms with Crippen LogP contribution in [0.5, 0.6) is 0 Å². The highest BCUT2D eigenvalue weighted by Gasteiger charge is 2.45. The predicted octanol–water partition coefficient (Wildman–Crippen LogP) is 2.76. The van der Waals surface area contributed by atoms with Crippen molar-refractivity contribution in [2.45, 2.75) is 32.2 Å². The van der Waals surface area contributed by atoms with Crippen molar-refractivity contribution in [3.05, 3.63) is 40.2 Å². The fraction of sp³-hybridized carbons (Fsp3) is 0.526. The van der Waals surface area contributed by atoms with E-state index in [1.54, 1.807) is 11.3 Å². The Morgan fingerprint density at radius 3 is 2.88 bits per heavy atom. The molecule has 0 radical (unpaired) electrons. The molecule has 0 bridgehead atoms. The van der Waals surface area contributed by atoms with Crippen LogP contribution >= 0.6 is 11.3 Å². The molecule has 1 aliphatic heterocycles. The van der Waals surface area contributed by atoms with Gasteiger partial charge >= 0.3 is 0 Å². The Balaban J connectivity index is 1.42. The molecule has 1 amide bonds. The summed E-state index contributed by atoms with van der Waals surface area (Å²) >= 11 is 1.66. The SMILES string of the molecule is Cc1ccc(N(C)[C@@H]2CC[C@@H]3CN(C(=O)Cc4cccs4)C[C@@H]32)nn1. The van der Waals surface area contributed by atoms with Crippen LogP contribution in [0.1, 0.15) is 23.4 Å². The Morgan fingerprint density at radius 2 is 2.16 bits per heavy atom. The fourth-order valence-corrected chi connectivity index (χ4v) is 5.04. The first-order chi connectivity index (χ1) is 12.1. The number of rotatable bonds is 4. The molecule has 2 aliphatic rings. The van der Waals surface area contributed by atoms with Crippen LogP contribution in [0.15, 0.2) is 29.6 Å². The summed E-state index contributed by atoms with van der Waals surface area (Å²) < 4.78 is 0. The number of anilines is 1. The van der Waals surface area contributed by atoms with Crippen LogP contribution in [0.3, 0.4) is 0 Å². The highest BCUT2D eigenvalue weighted by Crippen LogP contribution is 2.41. The van der Waals surface area contributed by atoms with Gasteiger partial charge < -0.3 is 9.80 Å². The largest absolute Gasteiger partial charge is 0.355 e. The van der Waals surface area contributed by atoms with Crippen molar-refractivity contribution in [1.82, 2.24) is 15.1 Å². The second kappa shape index (κ2) is 6.75. The monoisotopic (exact) mass is 356 g/mol. The number of fused-ring (bicyclic) bond motifs is 1. The summed E-state index contributed by atoms with van der Waals surface area (Å²) in [6, 6.07) is 8.56. The maximum atomic E-state index is 12.6. The van der Waals surface area contributed by atoms with Crippen LogP contribution < -0.4 is 4.90 Å². The van der Waals surface area contributed by atoms with E-state index in [1.165, 1.54) is 12.8 Å². The van der Waals surface area contributed by atoms with Gasteiger partial charge in [0, 0.05) is 37.0 Å². The Labute approximate surface area is 152 Å². The molecule has 2 aromatic rings.